The number of nitrogens with zero attached hydrogens (tertiary/aromatic N) is 1. The fourth-order valence-electron chi connectivity index (χ4n) is 2.23. The van der Waals surface area contributed by atoms with E-state index in [4.69, 9.17) is 10.5 Å². The van der Waals surface area contributed by atoms with Crippen LogP contribution in [0.1, 0.15) is 26.7 Å². The van der Waals surface area contributed by atoms with Gasteiger partial charge in [-0.1, -0.05) is 13.8 Å². The molecule has 0 bridgehead atoms. The molecule has 98 valence electrons. The maximum Gasteiger partial charge on any atom is 0.0469 e. The molecule has 0 atom stereocenters. The number of halogens is 1. The minimum absolute atomic E-state index is 0. The van der Waals surface area contributed by atoms with Crippen LogP contribution in [0.3, 0.4) is 0 Å². The number of ether oxygens (including phenoxy) is 1. The third-order valence-electron chi connectivity index (χ3n) is 3.16. The first-order valence-corrected chi connectivity index (χ1v) is 6.00. The SMILES string of the molecule is CN(CC1CCOCC1)CC(C)(C)CN.Cl. The van der Waals surface area contributed by atoms with Gasteiger partial charge in [0.2, 0.25) is 0 Å². The first kappa shape index (κ1) is 16.2. The molecule has 0 aromatic heterocycles. The highest BCUT2D eigenvalue weighted by atomic mass is 35.5. The van der Waals surface area contributed by atoms with Crippen molar-refractivity contribution in [2.24, 2.45) is 17.1 Å². The summed E-state index contributed by atoms with van der Waals surface area (Å²) in [7, 11) is 2.20. The fraction of sp³-hybridized carbons (Fsp3) is 1.00. The Balaban J connectivity index is 0.00000225. The Morgan fingerprint density at radius 2 is 1.88 bits per heavy atom. The van der Waals surface area contributed by atoms with Crippen LogP contribution in [-0.4, -0.2) is 44.8 Å². The average molecular weight is 251 g/mol. The van der Waals surface area contributed by atoms with Gasteiger partial charge in [-0.2, -0.15) is 0 Å². The summed E-state index contributed by atoms with van der Waals surface area (Å²) in [4.78, 5) is 2.42. The highest BCUT2D eigenvalue weighted by Gasteiger charge is 2.21. The predicted octanol–water partition coefficient (Wildman–Crippen LogP) is 1.75. The molecule has 0 amide bonds. The second-order valence-corrected chi connectivity index (χ2v) is 5.62. The standard InChI is InChI=1S/C12H26N2O.ClH/c1-12(2,9-13)10-14(3)8-11-4-6-15-7-5-11;/h11H,4-10,13H2,1-3H3;1H. The Bertz CT molecular complexity index is 182. The van der Waals surface area contributed by atoms with Gasteiger partial charge in [0.1, 0.15) is 0 Å². The zero-order valence-corrected chi connectivity index (χ0v) is 11.7. The van der Waals surface area contributed by atoms with Crippen molar-refractivity contribution >= 4 is 12.4 Å². The van der Waals surface area contributed by atoms with Crippen molar-refractivity contribution in [2.75, 3.05) is 39.9 Å². The molecule has 1 fully saturated rings. The van der Waals surface area contributed by atoms with E-state index in [-0.39, 0.29) is 17.8 Å². The van der Waals surface area contributed by atoms with Crippen LogP contribution in [0.25, 0.3) is 0 Å². The molecule has 0 radical (unpaired) electrons. The van der Waals surface area contributed by atoms with E-state index >= 15 is 0 Å². The van der Waals surface area contributed by atoms with E-state index in [1.807, 2.05) is 0 Å². The fourth-order valence-corrected chi connectivity index (χ4v) is 2.23. The Hall–Kier alpha value is 0.170. The normalized spacial score (nSPS) is 18.6. The van der Waals surface area contributed by atoms with Crippen molar-refractivity contribution in [3.05, 3.63) is 0 Å². The third-order valence-corrected chi connectivity index (χ3v) is 3.16. The molecule has 0 unspecified atom stereocenters. The third kappa shape index (κ3) is 6.04. The van der Waals surface area contributed by atoms with Gasteiger partial charge in [-0.25, -0.2) is 0 Å². The van der Waals surface area contributed by atoms with Gasteiger partial charge < -0.3 is 15.4 Å². The van der Waals surface area contributed by atoms with E-state index in [0.717, 1.165) is 32.2 Å². The number of nitrogens with two attached hydrogens (primary N) is 1. The number of hydrogen-bond acceptors (Lipinski definition) is 3. The average Bonchev–Trinajstić information content (AvgIpc) is 2.18. The zero-order valence-electron chi connectivity index (χ0n) is 10.9. The predicted molar refractivity (Wildman–Crippen MR) is 71.1 cm³/mol. The van der Waals surface area contributed by atoms with Gasteiger partial charge in [0.15, 0.2) is 0 Å². The van der Waals surface area contributed by atoms with Crippen LogP contribution >= 0.6 is 12.4 Å². The van der Waals surface area contributed by atoms with Gasteiger partial charge in [-0.05, 0) is 37.8 Å². The van der Waals surface area contributed by atoms with Gasteiger partial charge in [0.25, 0.3) is 0 Å². The van der Waals surface area contributed by atoms with Gasteiger partial charge in [-0.3, -0.25) is 0 Å². The lowest BCUT2D eigenvalue weighted by Crippen LogP contribution is -2.39. The summed E-state index contributed by atoms with van der Waals surface area (Å²) in [5, 5.41) is 0. The van der Waals surface area contributed by atoms with Crippen molar-refractivity contribution in [1.29, 1.82) is 0 Å². The van der Waals surface area contributed by atoms with Crippen molar-refractivity contribution in [3.8, 4) is 0 Å². The molecular formula is C12H27ClN2O. The van der Waals surface area contributed by atoms with E-state index in [1.54, 1.807) is 0 Å². The van der Waals surface area contributed by atoms with Gasteiger partial charge in [0.05, 0.1) is 0 Å². The molecule has 0 aromatic rings. The van der Waals surface area contributed by atoms with Crippen molar-refractivity contribution in [3.63, 3.8) is 0 Å². The van der Waals surface area contributed by atoms with Crippen LogP contribution in [0.5, 0.6) is 0 Å². The monoisotopic (exact) mass is 250 g/mol. The molecule has 3 nitrogen and oxygen atoms in total. The number of hydrogen-bond donors (Lipinski definition) is 1. The largest absolute Gasteiger partial charge is 0.381 e. The second-order valence-electron chi connectivity index (χ2n) is 5.62. The zero-order chi connectivity index (χ0) is 11.3. The van der Waals surface area contributed by atoms with E-state index in [2.05, 4.69) is 25.8 Å². The van der Waals surface area contributed by atoms with Crippen LogP contribution in [0.4, 0.5) is 0 Å². The summed E-state index contributed by atoms with van der Waals surface area (Å²) in [5.41, 5.74) is 5.98. The van der Waals surface area contributed by atoms with E-state index < -0.39 is 0 Å². The maximum absolute atomic E-state index is 5.74. The molecule has 1 rings (SSSR count). The highest BCUT2D eigenvalue weighted by Crippen LogP contribution is 2.19. The van der Waals surface area contributed by atoms with Crippen LogP contribution in [0.15, 0.2) is 0 Å². The maximum atomic E-state index is 5.74. The molecule has 1 heterocycles. The van der Waals surface area contributed by atoms with Crippen molar-refractivity contribution in [1.82, 2.24) is 4.90 Å². The summed E-state index contributed by atoms with van der Waals surface area (Å²) < 4.78 is 5.36. The lowest BCUT2D eigenvalue weighted by atomic mass is 9.92. The minimum atomic E-state index is 0. The van der Waals surface area contributed by atoms with Crippen LogP contribution < -0.4 is 5.73 Å². The van der Waals surface area contributed by atoms with Crippen LogP contribution in [-0.2, 0) is 4.74 Å². The number of rotatable bonds is 5. The summed E-state index contributed by atoms with van der Waals surface area (Å²) in [6.07, 6.45) is 2.43. The Labute approximate surface area is 106 Å². The Morgan fingerprint density at radius 1 is 1.31 bits per heavy atom. The molecule has 2 N–H and O–H groups in total. The second kappa shape index (κ2) is 7.49. The molecule has 0 saturated carbocycles. The molecule has 0 aromatic carbocycles. The summed E-state index contributed by atoms with van der Waals surface area (Å²) in [6, 6.07) is 0. The summed E-state index contributed by atoms with van der Waals surface area (Å²) in [6.45, 7) is 9.37. The molecule has 0 aliphatic carbocycles. The summed E-state index contributed by atoms with van der Waals surface area (Å²) >= 11 is 0. The molecule has 16 heavy (non-hydrogen) atoms. The Morgan fingerprint density at radius 3 is 2.38 bits per heavy atom. The first-order valence-electron chi connectivity index (χ1n) is 6.00. The van der Waals surface area contributed by atoms with Gasteiger partial charge in [-0.15, -0.1) is 12.4 Å². The van der Waals surface area contributed by atoms with Crippen LogP contribution in [0, 0.1) is 11.3 Å². The van der Waals surface area contributed by atoms with Crippen LogP contribution in [0.2, 0.25) is 0 Å². The van der Waals surface area contributed by atoms with Crippen molar-refractivity contribution < 1.29 is 4.74 Å². The van der Waals surface area contributed by atoms with Gasteiger partial charge in [0, 0.05) is 26.3 Å². The smallest absolute Gasteiger partial charge is 0.0469 e. The molecule has 4 heteroatoms. The van der Waals surface area contributed by atoms with Crippen molar-refractivity contribution in [2.45, 2.75) is 26.7 Å². The molecule has 1 aliphatic heterocycles. The van der Waals surface area contributed by atoms with E-state index in [9.17, 15) is 0 Å². The Kier molecular flexibility index (Phi) is 7.57. The molecule has 0 spiro atoms. The summed E-state index contributed by atoms with van der Waals surface area (Å²) in [5.74, 6) is 0.817. The molecule has 1 aliphatic rings. The quantitative estimate of drug-likeness (QED) is 0.808. The molecule has 1 saturated heterocycles. The first-order chi connectivity index (χ1) is 7.03. The molecular weight excluding hydrogens is 224 g/mol. The lowest BCUT2D eigenvalue weighted by Gasteiger charge is -2.32. The lowest BCUT2D eigenvalue weighted by molar-refractivity contribution is 0.0516. The minimum Gasteiger partial charge on any atom is -0.381 e. The van der Waals surface area contributed by atoms with E-state index in [1.165, 1.54) is 19.4 Å². The topological polar surface area (TPSA) is 38.5 Å². The van der Waals surface area contributed by atoms with Gasteiger partial charge >= 0.3 is 0 Å². The van der Waals surface area contributed by atoms with E-state index in [0.29, 0.717) is 0 Å². The highest BCUT2D eigenvalue weighted by molar-refractivity contribution is 5.85.